The van der Waals surface area contributed by atoms with Gasteiger partial charge in [-0.15, -0.1) is 0 Å². The van der Waals surface area contributed by atoms with Gasteiger partial charge in [0, 0.05) is 45.0 Å². The summed E-state index contributed by atoms with van der Waals surface area (Å²) in [6.07, 6.45) is 5.21. The van der Waals surface area contributed by atoms with Crippen LogP contribution < -0.4 is 10.6 Å². The molecule has 1 aliphatic heterocycles. The fourth-order valence-electron chi connectivity index (χ4n) is 3.14. The molecule has 11 heteroatoms. The predicted octanol–water partition coefficient (Wildman–Crippen LogP) is 2.47. The van der Waals surface area contributed by atoms with E-state index in [1.54, 1.807) is 17.2 Å². The quantitative estimate of drug-likeness (QED) is 0.573. The molecule has 0 saturated carbocycles. The van der Waals surface area contributed by atoms with Crippen molar-refractivity contribution in [2.75, 3.05) is 49.9 Å². The van der Waals surface area contributed by atoms with Crippen LogP contribution in [0.15, 0.2) is 30.7 Å². The van der Waals surface area contributed by atoms with Crippen molar-refractivity contribution in [1.29, 1.82) is 5.26 Å². The third-order valence-corrected chi connectivity index (χ3v) is 5.07. The fraction of sp³-hybridized carbons (Fsp3) is 0.316. The molecule has 3 heterocycles. The Morgan fingerprint density at radius 1 is 1.17 bits per heavy atom. The van der Waals surface area contributed by atoms with Crippen molar-refractivity contribution in [3.05, 3.63) is 41.6 Å². The van der Waals surface area contributed by atoms with Crippen molar-refractivity contribution in [2.45, 2.75) is 0 Å². The maximum Gasteiger partial charge on any atom is 0.223 e. The van der Waals surface area contributed by atoms with E-state index in [1.807, 2.05) is 0 Å². The Morgan fingerprint density at radius 3 is 2.77 bits per heavy atom. The number of nitrogens with one attached hydrogen (secondary N) is 2. The first-order valence-electron chi connectivity index (χ1n) is 9.43. The molecule has 1 aliphatic rings. The number of nitrogens with zero attached hydrogens (tertiary/aromatic N) is 7. The van der Waals surface area contributed by atoms with Crippen LogP contribution in [-0.4, -0.2) is 69.0 Å². The number of hydrogen-bond donors (Lipinski definition) is 2. The third kappa shape index (κ3) is 4.64. The summed E-state index contributed by atoms with van der Waals surface area (Å²) in [4.78, 5) is 21.3. The molecule has 9 nitrogen and oxygen atoms in total. The van der Waals surface area contributed by atoms with Crippen LogP contribution in [0.3, 0.4) is 0 Å². The number of piperazine rings is 1. The molecule has 1 aromatic carbocycles. The summed E-state index contributed by atoms with van der Waals surface area (Å²) < 4.78 is 13.4. The lowest BCUT2D eigenvalue weighted by molar-refractivity contribution is 0.179. The number of aromatic nitrogens is 4. The van der Waals surface area contributed by atoms with Crippen LogP contribution in [-0.2, 0) is 0 Å². The minimum absolute atomic E-state index is 0.0194. The van der Waals surface area contributed by atoms with Gasteiger partial charge in [-0.2, -0.15) is 5.26 Å². The molecule has 2 aromatic heterocycles. The predicted molar refractivity (Wildman–Crippen MR) is 112 cm³/mol. The molecular weight excluding hydrogens is 409 g/mol. The van der Waals surface area contributed by atoms with Crippen LogP contribution in [0.1, 0.15) is 0 Å². The molecule has 154 valence electrons. The molecule has 2 N–H and O–H groups in total. The number of rotatable bonds is 6. The minimum Gasteiger partial charge on any atom is -0.353 e. The van der Waals surface area contributed by atoms with Crippen molar-refractivity contribution in [2.24, 2.45) is 0 Å². The Hall–Kier alpha value is -3.29. The van der Waals surface area contributed by atoms with Crippen LogP contribution >= 0.6 is 11.6 Å². The zero-order valence-corrected chi connectivity index (χ0v) is 16.8. The number of fused-ring (bicyclic) bond motifs is 1. The second-order valence-corrected chi connectivity index (χ2v) is 7.17. The van der Waals surface area contributed by atoms with Gasteiger partial charge in [-0.05, 0) is 18.2 Å². The zero-order chi connectivity index (χ0) is 20.9. The van der Waals surface area contributed by atoms with E-state index in [-0.39, 0.29) is 5.02 Å². The van der Waals surface area contributed by atoms with Gasteiger partial charge in [0.15, 0.2) is 12.0 Å². The number of anilines is 3. The topological polar surface area (TPSA) is 106 Å². The van der Waals surface area contributed by atoms with E-state index >= 15 is 0 Å². The largest absolute Gasteiger partial charge is 0.353 e. The van der Waals surface area contributed by atoms with Crippen molar-refractivity contribution in [3.63, 3.8) is 0 Å². The molecule has 0 unspecified atom stereocenters. The Labute approximate surface area is 177 Å². The van der Waals surface area contributed by atoms with Crippen LogP contribution in [0.5, 0.6) is 0 Å². The summed E-state index contributed by atoms with van der Waals surface area (Å²) in [6, 6.07) is 4.34. The summed E-state index contributed by atoms with van der Waals surface area (Å²) in [5.41, 5.74) is 1.71. The highest BCUT2D eigenvalue weighted by Crippen LogP contribution is 2.25. The maximum absolute atomic E-state index is 13.4. The lowest BCUT2D eigenvalue weighted by Crippen LogP contribution is -2.45. The van der Waals surface area contributed by atoms with Gasteiger partial charge >= 0.3 is 0 Å². The molecule has 0 spiro atoms. The van der Waals surface area contributed by atoms with E-state index < -0.39 is 5.82 Å². The monoisotopic (exact) mass is 427 g/mol. The van der Waals surface area contributed by atoms with Crippen molar-refractivity contribution < 1.29 is 4.39 Å². The second-order valence-electron chi connectivity index (χ2n) is 6.76. The van der Waals surface area contributed by atoms with Gasteiger partial charge < -0.3 is 15.5 Å². The minimum atomic E-state index is -0.488. The first-order valence-corrected chi connectivity index (χ1v) is 9.81. The first kappa shape index (κ1) is 20.0. The number of hydrogen-bond acceptors (Lipinski definition) is 9. The van der Waals surface area contributed by atoms with Gasteiger partial charge in [-0.3, -0.25) is 4.90 Å². The van der Waals surface area contributed by atoms with E-state index in [0.717, 1.165) is 32.7 Å². The van der Waals surface area contributed by atoms with Gasteiger partial charge in [0.25, 0.3) is 0 Å². The number of halogens is 2. The summed E-state index contributed by atoms with van der Waals surface area (Å²) in [5, 5.41) is 15.3. The van der Waals surface area contributed by atoms with Crippen molar-refractivity contribution in [1.82, 2.24) is 29.7 Å². The Bertz CT molecular complexity index is 1080. The average molecular weight is 428 g/mol. The molecule has 0 amide bonds. The van der Waals surface area contributed by atoms with Crippen LogP contribution in [0, 0.1) is 17.3 Å². The highest BCUT2D eigenvalue weighted by atomic mass is 35.5. The summed E-state index contributed by atoms with van der Waals surface area (Å²) in [5.74, 6) is 0.450. The highest BCUT2D eigenvalue weighted by Gasteiger charge is 2.15. The van der Waals surface area contributed by atoms with E-state index in [4.69, 9.17) is 16.9 Å². The summed E-state index contributed by atoms with van der Waals surface area (Å²) >= 11 is 5.86. The molecule has 1 fully saturated rings. The van der Waals surface area contributed by atoms with Gasteiger partial charge in [0.05, 0.1) is 11.2 Å². The molecule has 0 radical (unpaired) electrons. The Balaban J connectivity index is 1.43. The average Bonchev–Trinajstić information content (AvgIpc) is 2.77. The third-order valence-electron chi connectivity index (χ3n) is 4.78. The van der Waals surface area contributed by atoms with Crippen molar-refractivity contribution in [3.8, 4) is 6.19 Å². The van der Waals surface area contributed by atoms with Gasteiger partial charge in [-0.1, -0.05) is 11.6 Å². The zero-order valence-electron chi connectivity index (χ0n) is 16.0. The van der Waals surface area contributed by atoms with Crippen LogP contribution in [0.4, 0.5) is 21.8 Å². The van der Waals surface area contributed by atoms with Gasteiger partial charge in [-0.25, -0.2) is 24.3 Å². The lowest BCUT2D eigenvalue weighted by atomic mass is 10.3. The summed E-state index contributed by atoms with van der Waals surface area (Å²) in [7, 11) is 0. The van der Waals surface area contributed by atoms with E-state index in [0.29, 0.717) is 35.0 Å². The maximum atomic E-state index is 13.4. The molecule has 1 saturated heterocycles. The normalized spacial score (nSPS) is 14.5. The smallest absolute Gasteiger partial charge is 0.223 e. The Morgan fingerprint density at radius 2 is 2.00 bits per heavy atom. The van der Waals surface area contributed by atoms with E-state index in [2.05, 4.69) is 41.7 Å². The fourth-order valence-corrected chi connectivity index (χ4v) is 3.32. The standard InChI is InChI=1S/C19H19ClFN9/c20-14-9-13(1-2-15(14)21)27-18-17-16(25-12-26-18)10-24-19(28-17)23-3-4-29-5-7-30(11-22)8-6-29/h1-2,9-10,12H,3-8H2,(H,23,24,28)(H,25,26,27). The SMILES string of the molecule is N#CN1CCN(CCNc2ncc3ncnc(Nc4ccc(F)c(Cl)c4)c3n2)CC1. The second kappa shape index (κ2) is 9.02. The number of benzene rings is 1. The van der Waals surface area contributed by atoms with Crippen molar-refractivity contribution >= 4 is 40.1 Å². The lowest BCUT2D eigenvalue weighted by Gasteiger charge is -2.31. The van der Waals surface area contributed by atoms with E-state index in [9.17, 15) is 4.39 Å². The van der Waals surface area contributed by atoms with Gasteiger partial charge in [0.2, 0.25) is 5.95 Å². The molecule has 30 heavy (non-hydrogen) atoms. The highest BCUT2D eigenvalue weighted by molar-refractivity contribution is 6.31. The molecule has 0 atom stereocenters. The number of nitriles is 1. The van der Waals surface area contributed by atoms with Gasteiger partial charge in [0.1, 0.15) is 23.2 Å². The molecular formula is C19H19ClFN9. The molecule has 0 bridgehead atoms. The Kier molecular flexibility index (Phi) is 6.02. The van der Waals surface area contributed by atoms with Crippen LogP contribution in [0.2, 0.25) is 5.02 Å². The van der Waals surface area contributed by atoms with E-state index in [1.165, 1.54) is 18.5 Å². The summed E-state index contributed by atoms with van der Waals surface area (Å²) in [6.45, 7) is 4.71. The molecule has 4 rings (SSSR count). The first-order chi connectivity index (χ1) is 14.6. The molecule has 3 aromatic rings. The molecule has 0 aliphatic carbocycles. The van der Waals surface area contributed by atoms with Crippen LogP contribution in [0.25, 0.3) is 11.0 Å².